The molecule has 1 fully saturated rings. The SMILES string of the molecule is CCCC1(COC)CCCN1c1nccc(C(F)(F)F)n1. The Morgan fingerprint density at radius 3 is 2.81 bits per heavy atom. The first-order chi connectivity index (χ1) is 9.93. The first-order valence-corrected chi connectivity index (χ1v) is 7.10. The van der Waals surface area contributed by atoms with Gasteiger partial charge in [0.15, 0.2) is 0 Å². The molecule has 0 aromatic carbocycles. The van der Waals surface area contributed by atoms with Crippen molar-refractivity contribution in [3.8, 4) is 0 Å². The van der Waals surface area contributed by atoms with Crippen molar-refractivity contribution >= 4 is 5.95 Å². The largest absolute Gasteiger partial charge is 0.433 e. The lowest BCUT2D eigenvalue weighted by molar-refractivity contribution is -0.141. The summed E-state index contributed by atoms with van der Waals surface area (Å²) in [6.45, 7) is 3.19. The Morgan fingerprint density at radius 2 is 2.19 bits per heavy atom. The molecule has 1 atom stereocenters. The second-order valence-corrected chi connectivity index (χ2v) is 5.40. The Balaban J connectivity index is 2.35. The first-order valence-electron chi connectivity index (χ1n) is 7.10. The Hall–Kier alpha value is -1.37. The van der Waals surface area contributed by atoms with E-state index in [1.165, 1.54) is 6.20 Å². The maximum absolute atomic E-state index is 12.8. The van der Waals surface area contributed by atoms with Crippen LogP contribution in [0.15, 0.2) is 12.3 Å². The quantitative estimate of drug-likeness (QED) is 0.836. The molecule has 1 aliphatic rings. The predicted octanol–water partition coefficient (Wildman–Crippen LogP) is 3.28. The van der Waals surface area contributed by atoms with Crippen molar-refractivity contribution in [3.05, 3.63) is 18.0 Å². The number of halogens is 3. The molecular weight excluding hydrogens is 283 g/mol. The molecule has 0 amide bonds. The molecule has 1 aromatic heterocycles. The fourth-order valence-electron chi connectivity index (χ4n) is 3.10. The van der Waals surface area contributed by atoms with Gasteiger partial charge in [-0.1, -0.05) is 13.3 Å². The van der Waals surface area contributed by atoms with Crippen LogP contribution in [-0.4, -0.2) is 35.8 Å². The van der Waals surface area contributed by atoms with Crippen molar-refractivity contribution < 1.29 is 17.9 Å². The Morgan fingerprint density at radius 1 is 1.43 bits per heavy atom. The Labute approximate surface area is 122 Å². The van der Waals surface area contributed by atoms with Gasteiger partial charge in [0.1, 0.15) is 5.69 Å². The molecule has 0 bridgehead atoms. The Bertz CT molecular complexity index is 473. The highest BCUT2D eigenvalue weighted by Gasteiger charge is 2.42. The molecule has 1 aromatic rings. The highest BCUT2D eigenvalue weighted by Crippen LogP contribution is 2.37. The zero-order chi connectivity index (χ0) is 15.5. The molecule has 0 N–H and O–H groups in total. The van der Waals surface area contributed by atoms with E-state index >= 15 is 0 Å². The van der Waals surface area contributed by atoms with Crippen LogP contribution in [0.25, 0.3) is 0 Å². The molecule has 1 aliphatic heterocycles. The summed E-state index contributed by atoms with van der Waals surface area (Å²) in [5.41, 5.74) is -1.20. The van der Waals surface area contributed by atoms with Crippen LogP contribution in [0.4, 0.5) is 19.1 Å². The van der Waals surface area contributed by atoms with Crippen molar-refractivity contribution in [1.29, 1.82) is 0 Å². The number of methoxy groups -OCH3 is 1. The molecule has 4 nitrogen and oxygen atoms in total. The molecule has 0 radical (unpaired) electrons. The molecule has 118 valence electrons. The van der Waals surface area contributed by atoms with Gasteiger partial charge in [0, 0.05) is 19.9 Å². The predicted molar refractivity (Wildman–Crippen MR) is 73.1 cm³/mol. The molecule has 2 rings (SSSR count). The van der Waals surface area contributed by atoms with Gasteiger partial charge in [0.05, 0.1) is 12.1 Å². The summed E-state index contributed by atoms with van der Waals surface area (Å²) in [6, 6.07) is 0.900. The minimum atomic E-state index is -4.45. The van der Waals surface area contributed by atoms with Gasteiger partial charge in [-0.15, -0.1) is 0 Å². The van der Waals surface area contributed by atoms with Crippen LogP contribution < -0.4 is 4.90 Å². The van der Waals surface area contributed by atoms with Gasteiger partial charge in [0.2, 0.25) is 5.95 Å². The van der Waals surface area contributed by atoms with E-state index in [1.54, 1.807) is 7.11 Å². The topological polar surface area (TPSA) is 38.2 Å². The number of alkyl halides is 3. The molecule has 7 heteroatoms. The van der Waals surface area contributed by atoms with Crippen LogP contribution in [0.5, 0.6) is 0 Å². The molecule has 21 heavy (non-hydrogen) atoms. The van der Waals surface area contributed by atoms with Crippen molar-refractivity contribution in [2.24, 2.45) is 0 Å². The number of hydrogen-bond acceptors (Lipinski definition) is 4. The summed E-state index contributed by atoms with van der Waals surface area (Å²) in [4.78, 5) is 9.66. The van der Waals surface area contributed by atoms with E-state index in [0.717, 1.165) is 31.7 Å². The molecule has 0 saturated carbocycles. The lowest BCUT2D eigenvalue weighted by Gasteiger charge is -2.38. The zero-order valence-electron chi connectivity index (χ0n) is 12.3. The number of aromatic nitrogens is 2. The van der Waals surface area contributed by atoms with Crippen molar-refractivity contribution in [2.75, 3.05) is 25.2 Å². The first kappa shape index (κ1) is 16.0. The second-order valence-electron chi connectivity index (χ2n) is 5.40. The van der Waals surface area contributed by atoms with Crippen molar-refractivity contribution in [3.63, 3.8) is 0 Å². The van der Waals surface area contributed by atoms with E-state index in [9.17, 15) is 13.2 Å². The normalized spacial score (nSPS) is 22.8. The van der Waals surface area contributed by atoms with E-state index in [0.29, 0.717) is 13.2 Å². The van der Waals surface area contributed by atoms with Gasteiger partial charge in [-0.05, 0) is 25.3 Å². The fourth-order valence-corrected chi connectivity index (χ4v) is 3.10. The lowest BCUT2D eigenvalue weighted by atomic mass is 9.91. The lowest BCUT2D eigenvalue weighted by Crippen LogP contribution is -2.48. The smallest absolute Gasteiger partial charge is 0.382 e. The number of hydrogen-bond donors (Lipinski definition) is 0. The summed E-state index contributed by atoms with van der Waals surface area (Å²) < 4.78 is 43.7. The van der Waals surface area contributed by atoms with E-state index in [-0.39, 0.29) is 11.5 Å². The third kappa shape index (κ3) is 3.28. The summed E-state index contributed by atoms with van der Waals surface area (Å²) in [7, 11) is 1.61. The molecule has 1 saturated heterocycles. The number of nitrogens with zero attached hydrogens (tertiary/aromatic N) is 3. The van der Waals surface area contributed by atoms with Crippen LogP contribution in [0.3, 0.4) is 0 Å². The third-order valence-electron chi connectivity index (χ3n) is 3.90. The summed E-state index contributed by atoms with van der Waals surface area (Å²) in [5, 5.41) is 0. The average molecular weight is 303 g/mol. The van der Waals surface area contributed by atoms with Gasteiger partial charge in [-0.25, -0.2) is 9.97 Å². The average Bonchev–Trinajstić information content (AvgIpc) is 2.82. The minimum Gasteiger partial charge on any atom is -0.382 e. The third-order valence-corrected chi connectivity index (χ3v) is 3.90. The van der Waals surface area contributed by atoms with Crippen LogP contribution in [0.2, 0.25) is 0 Å². The van der Waals surface area contributed by atoms with E-state index < -0.39 is 11.9 Å². The van der Waals surface area contributed by atoms with Gasteiger partial charge >= 0.3 is 6.18 Å². The molecule has 0 spiro atoms. The van der Waals surface area contributed by atoms with E-state index in [2.05, 4.69) is 16.9 Å². The highest BCUT2D eigenvalue weighted by atomic mass is 19.4. The van der Waals surface area contributed by atoms with Gasteiger partial charge in [-0.3, -0.25) is 0 Å². The van der Waals surface area contributed by atoms with Gasteiger partial charge in [0.25, 0.3) is 0 Å². The molecule has 2 heterocycles. The highest BCUT2D eigenvalue weighted by molar-refractivity contribution is 5.38. The summed E-state index contributed by atoms with van der Waals surface area (Å²) >= 11 is 0. The Kier molecular flexibility index (Phi) is 4.70. The maximum Gasteiger partial charge on any atom is 0.433 e. The molecule has 1 unspecified atom stereocenters. The van der Waals surface area contributed by atoms with E-state index in [1.807, 2.05) is 4.90 Å². The number of anilines is 1. The monoisotopic (exact) mass is 303 g/mol. The molecular formula is C14H20F3N3O. The van der Waals surface area contributed by atoms with Crippen molar-refractivity contribution in [1.82, 2.24) is 9.97 Å². The maximum atomic E-state index is 12.8. The van der Waals surface area contributed by atoms with Crippen LogP contribution in [0, 0.1) is 0 Å². The van der Waals surface area contributed by atoms with Crippen LogP contribution >= 0.6 is 0 Å². The van der Waals surface area contributed by atoms with Gasteiger partial charge < -0.3 is 9.64 Å². The van der Waals surface area contributed by atoms with Gasteiger partial charge in [-0.2, -0.15) is 13.2 Å². The van der Waals surface area contributed by atoms with E-state index in [4.69, 9.17) is 4.74 Å². The van der Waals surface area contributed by atoms with Crippen molar-refractivity contribution in [2.45, 2.75) is 44.3 Å². The zero-order valence-corrected chi connectivity index (χ0v) is 12.3. The van der Waals surface area contributed by atoms with Crippen LogP contribution in [-0.2, 0) is 10.9 Å². The number of ether oxygens (including phenoxy) is 1. The molecule has 0 aliphatic carbocycles. The summed E-state index contributed by atoms with van der Waals surface area (Å²) in [5.74, 6) is 0.146. The standard InChI is InChI=1S/C14H20F3N3O/c1-3-6-13(10-21-2)7-4-9-20(13)12-18-8-5-11(19-12)14(15,16)17/h5,8H,3-4,6-7,9-10H2,1-2H3. The second kappa shape index (κ2) is 6.17. The number of rotatable bonds is 5. The fraction of sp³-hybridized carbons (Fsp3) is 0.714. The van der Waals surface area contributed by atoms with Crippen LogP contribution in [0.1, 0.15) is 38.3 Å². The summed E-state index contributed by atoms with van der Waals surface area (Å²) in [6.07, 6.45) is 0.287. The minimum absolute atomic E-state index is 0.146.